The molecule has 3 aromatic heterocycles. The molecule has 160 valence electrons. The molecule has 9 heteroatoms. The van der Waals surface area contributed by atoms with Crippen molar-refractivity contribution in [1.29, 1.82) is 0 Å². The van der Waals surface area contributed by atoms with Crippen LogP contribution in [-0.2, 0) is 18.4 Å². The van der Waals surface area contributed by atoms with Crippen molar-refractivity contribution in [2.75, 3.05) is 18.9 Å². The molecule has 9 nitrogen and oxygen atoms in total. The lowest BCUT2D eigenvalue weighted by Crippen LogP contribution is -2.39. The maximum absolute atomic E-state index is 12.2. The Kier molecular flexibility index (Phi) is 4.84. The summed E-state index contributed by atoms with van der Waals surface area (Å²) < 4.78 is 2.00. The van der Waals surface area contributed by atoms with Gasteiger partial charge in [-0.25, -0.2) is 9.97 Å². The minimum Gasteiger partial charge on any atom is -0.392 e. The van der Waals surface area contributed by atoms with E-state index >= 15 is 0 Å². The molecule has 5 rings (SSSR count). The number of anilines is 1. The van der Waals surface area contributed by atoms with E-state index in [0.717, 1.165) is 44.7 Å². The van der Waals surface area contributed by atoms with Crippen molar-refractivity contribution >= 4 is 33.8 Å². The van der Waals surface area contributed by atoms with Gasteiger partial charge >= 0.3 is 0 Å². The Morgan fingerprint density at radius 1 is 1.32 bits per heavy atom. The van der Waals surface area contributed by atoms with Crippen LogP contribution in [0.15, 0.2) is 36.7 Å². The van der Waals surface area contributed by atoms with Crippen LogP contribution >= 0.6 is 0 Å². The zero-order valence-corrected chi connectivity index (χ0v) is 17.4. The molecule has 1 saturated heterocycles. The van der Waals surface area contributed by atoms with Gasteiger partial charge in [0.05, 0.1) is 24.0 Å². The van der Waals surface area contributed by atoms with Gasteiger partial charge in [0, 0.05) is 38.3 Å². The molecule has 1 aromatic carbocycles. The highest BCUT2D eigenvalue weighted by molar-refractivity contribution is 6.07. The number of β-amino-alcohol motifs (C(OH)–C–C–N with tert-alkyl or cyclic N) is 1. The molecule has 0 saturated carbocycles. The number of aliphatic hydroxyl groups is 1. The standard InChI is InChI=1S/C22H25N7O2/c1-23-21-18-19(29(2)11-26-18)15-8-16(27-20(15)28-21)13-5-3-12(4-6-13)9-25-22(31)17-7-14(30)10-24-17/h3-6,8,11,14,17,24,30H,7,9-10H2,1-2H3,(H,25,31)(H2,23,27,28)/t14-,17+/m1/s1. The van der Waals surface area contributed by atoms with Gasteiger partial charge in [0.1, 0.15) is 11.2 Å². The third-order valence-corrected chi connectivity index (χ3v) is 5.83. The van der Waals surface area contributed by atoms with E-state index in [1.807, 2.05) is 42.9 Å². The summed E-state index contributed by atoms with van der Waals surface area (Å²) >= 11 is 0. The van der Waals surface area contributed by atoms with E-state index in [9.17, 15) is 9.90 Å². The molecule has 31 heavy (non-hydrogen) atoms. The number of imidazole rings is 1. The van der Waals surface area contributed by atoms with Crippen LogP contribution in [-0.4, -0.2) is 56.3 Å². The average molecular weight is 419 g/mol. The number of carbonyl (C=O) groups excluding carboxylic acids is 1. The first-order valence-corrected chi connectivity index (χ1v) is 10.3. The first-order chi connectivity index (χ1) is 15.0. The molecule has 2 atom stereocenters. The highest BCUT2D eigenvalue weighted by Crippen LogP contribution is 2.31. The second kappa shape index (κ2) is 7.68. The lowest BCUT2D eigenvalue weighted by atomic mass is 10.1. The molecule has 0 spiro atoms. The number of fused-ring (bicyclic) bond motifs is 3. The summed E-state index contributed by atoms with van der Waals surface area (Å²) in [5, 5.41) is 19.7. The van der Waals surface area contributed by atoms with Crippen LogP contribution in [0.3, 0.4) is 0 Å². The van der Waals surface area contributed by atoms with E-state index < -0.39 is 6.10 Å². The predicted molar refractivity (Wildman–Crippen MR) is 120 cm³/mol. The van der Waals surface area contributed by atoms with Gasteiger partial charge in [0.15, 0.2) is 5.82 Å². The highest BCUT2D eigenvalue weighted by Gasteiger charge is 2.27. The number of aliphatic hydroxyl groups excluding tert-OH is 1. The zero-order valence-electron chi connectivity index (χ0n) is 17.4. The Hall–Kier alpha value is -3.43. The number of pyridine rings is 1. The number of aromatic nitrogens is 4. The quantitative estimate of drug-likeness (QED) is 0.334. The van der Waals surface area contributed by atoms with Gasteiger partial charge < -0.3 is 30.6 Å². The number of amides is 1. The number of H-pyrrole nitrogens is 1. The number of aryl methyl sites for hydroxylation is 1. The van der Waals surface area contributed by atoms with Crippen molar-refractivity contribution in [2.45, 2.75) is 25.1 Å². The molecule has 4 aromatic rings. The molecular weight excluding hydrogens is 394 g/mol. The fraction of sp³-hybridized carbons (Fsp3) is 0.318. The Morgan fingerprint density at radius 3 is 2.84 bits per heavy atom. The molecule has 1 aliphatic rings. The summed E-state index contributed by atoms with van der Waals surface area (Å²) in [5.74, 6) is 0.662. The first-order valence-electron chi connectivity index (χ1n) is 10.3. The van der Waals surface area contributed by atoms with E-state index in [4.69, 9.17) is 0 Å². The van der Waals surface area contributed by atoms with Gasteiger partial charge in [-0.1, -0.05) is 24.3 Å². The van der Waals surface area contributed by atoms with E-state index in [1.54, 1.807) is 6.33 Å². The fourth-order valence-electron chi connectivity index (χ4n) is 4.16. The van der Waals surface area contributed by atoms with Crippen LogP contribution < -0.4 is 16.0 Å². The Bertz CT molecular complexity index is 1260. The third kappa shape index (κ3) is 3.51. The smallest absolute Gasteiger partial charge is 0.237 e. The van der Waals surface area contributed by atoms with Crippen LogP contribution in [0.1, 0.15) is 12.0 Å². The lowest BCUT2D eigenvalue weighted by Gasteiger charge is -2.11. The summed E-state index contributed by atoms with van der Waals surface area (Å²) in [5.41, 5.74) is 5.70. The number of benzene rings is 1. The van der Waals surface area contributed by atoms with E-state index in [-0.39, 0.29) is 11.9 Å². The van der Waals surface area contributed by atoms with E-state index in [1.165, 1.54) is 0 Å². The normalized spacial score (nSPS) is 18.7. The molecule has 1 aliphatic heterocycles. The number of hydrogen-bond acceptors (Lipinski definition) is 6. The van der Waals surface area contributed by atoms with Gasteiger partial charge in [0.2, 0.25) is 5.91 Å². The molecule has 1 fully saturated rings. The number of nitrogens with zero attached hydrogens (tertiary/aromatic N) is 3. The summed E-state index contributed by atoms with van der Waals surface area (Å²) in [6.07, 6.45) is 1.81. The highest BCUT2D eigenvalue weighted by atomic mass is 16.3. The summed E-state index contributed by atoms with van der Waals surface area (Å²) in [6.45, 7) is 0.913. The van der Waals surface area contributed by atoms with Crippen molar-refractivity contribution < 1.29 is 9.90 Å². The summed E-state index contributed by atoms with van der Waals surface area (Å²) in [4.78, 5) is 24.8. The van der Waals surface area contributed by atoms with Gasteiger partial charge in [-0.15, -0.1) is 0 Å². The lowest BCUT2D eigenvalue weighted by molar-refractivity contribution is -0.123. The summed E-state index contributed by atoms with van der Waals surface area (Å²) in [7, 11) is 3.82. The average Bonchev–Trinajstić information content (AvgIpc) is 3.50. The maximum atomic E-state index is 12.2. The van der Waals surface area contributed by atoms with Gasteiger partial charge in [-0.2, -0.15) is 0 Å². The minimum absolute atomic E-state index is 0.0807. The molecule has 0 aliphatic carbocycles. The molecule has 0 unspecified atom stereocenters. The van der Waals surface area contributed by atoms with E-state index in [0.29, 0.717) is 19.5 Å². The maximum Gasteiger partial charge on any atom is 0.237 e. The number of hydrogen-bond donors (Lipinski definition) is 5. The predicted octanol–water partition coefficient (Wildman–Crippen LogP) is 1.50. The first kappa shape index (κ1) is 19.5. The van der Waals surface area contributed by atoms with Crippen molar-refractivity contribution in [2.24, 2.45) is 7.05 Å². The monoisotopic (exact) mass is 419 g/mol. The largest absolute Gasteiger partial charge is 0.392 e. The van der Waals surface area contributed by atoms with Crippen LogP contribution in [0.25, 0.3) is 33.3 Å². The van der Waals surface area contributed by atoms with Crippen molar-refractivity contribution in [1.82, 2.24) is 30.2 Å². The van der Waals surface area contributed by atoms with Gasteiger partial charge in [0.25, 0.3) is 0 Å². The van der Waals surface area contributed by atoms with Crippen LogP contribution in [0.5, 0.6) is 0 Å². The minimum atomic E-state index is -0.447. The zero-order chi connectivity index (χ0) is 21.5. The molecule has 0 radical (unpaired) electrons. The van der Waals surface area contributed by atoms with Crippen molar-refractivity contribution in [3.05, 3.63) is 42.2 Å². The molecule has 4 heterocycles. The Balaban J connectivity index is 1.36. The van der Waals surface area contributed by atoms with E-state index in [2.05, 4.69) is 37.0 Å². The number of aromatic amines is 1. The van der Waals surface area contributed by atoms with Gasteiger partial charge in [-0.3, -0.25) is 4.79 Å². The Labute approximate surface area is 178 Å². The molecular formula is C22H25N7O2. The third-order valence-electron chi connectivity index (χ3n) is 5.83. The fourth-order valence-corrected chi connectivity index (χ4v) is 4.16. The number of carbonyl (C=O) groups is 1. The topological polar surface area (TPSA) is 120 Å². The SMILES string of the molecule is CNc1nc2[nH]c(-c3ccc(CNC(=O)[C@@H]4C[C@@H](O)CN4)cc3)cc2c2c1ncn2C. The molecule has 5 N–H and O–H groups in total. The summed E-state index contributed by atoms with van der Waals surface area (Å²) in [6, 6.07) is 9.85. The number of nitrogens with one attached hydrogen (secondary N) is 4. The van der Waals surface area contributed by atoms with Crippen molar-refractivity contribution in [3.63, 3.8) is 0 Å². The van der Waals surface area contributed by atoms with Crippen LogP contribution in [0, 0.1) is 0 Å². The number of rotatable bonds is 5. The van der Waals surface area contributed by atoms with Gasteiger partial charge in [-0.05, 0) is 23.6 Å². The van der Waals surface area contributed by atoms with Crippen LogP contribution in [0.2, 0.25) is 0 Å². The molecule has 0 bridgehead atoms. The van der Waals surface area contributed by atoms with Crippen LogP contribution in [0.4, 0.5) is 5.82 Å². The second-order valence-corrected chi connectivity index (χ2v) is 7.97. The van der Waals surface area contributed by atoms with Crippen molar-refractivity contribution in [3.8, 4) is 11.3 Å². The second-order valence-electron chi connectivity index (χ2n) is 7.97. The molecule has 1 amide bonds. The Morgan fingerprint density at radius 2 is 2.13 bits per heavy atom.